The highest BCUT2D eigenvalue weighted by Crippen LogP contribution is 2.07. The lowest BCUT2D eigenvalue weighted by Crippen LogP contribution is -2.29. The van der Waals surface area contributed by atoms with E-state index in [0.717, 1.165) is 11.1 Å². The first-order valence-electron chi connectivity index (χ1n) is 5.95. The van der Waals surface area contributed by atoms with Gasteiger partial charge >= 0.3 is 0 Å². The van der Waals surface area contributed by atoms with Gasteiger partial charge in [-0.15, -0.1) is 0 Å². The van der Waals surface area contributed by atoms with E-state index in [2.05, 4.69) is 10.3 Å². The molecule has 1 amide bonds. The molecule has 0 spiro atoms. The summed E-state index contributed by atoms with van der Waals surface area (Å²) in [5.41, 5.74) is 7.26. The second kappa shape index (κ2) is 5.97. The predicted molar refractivity (Wildman–Crippen MR) is 72.6 cm³/mol. The van der Waals surface area contributed by atoms with Gasteiger partial charge in [0.15, 0.2) is 0 Å². The average Bonchev–Trinajstić information content (AvgIpc) is 2.45. The summed E-state index contributed by atoms with van der Waals surface area (Å²) in [7, 11) is 0. The molecule has 19 heavy (non-hydrogen) atoms. The normalized spacial score (nSPS) is 10.2. The number of hydrogen-bond acceptors (Lipinski definition) is 3. The van der Waals surface area contributed by atoms with E-state index in [-0.39, 0.29) is 5.56 Å². The quantitative estimate of drug-likeness (QED) is 0.755. The van der Waals surface area contributed by atoms with E-state index < -0.39 is 11.5 Å². The van der Waals surface area contributed by atoms with Crippen LogP contribution in [0.2, 0.25) is 0 Å². The SMILES string of the molecule is NCc1ccccc1CNC(=O)c1ccc[nH]c1=O. The minimum atomic E-state index is -0.396. The maximum atomic E-state index is 11.9. The third-order valence-electron chi connectivity index (χ3n) is 2.84. The van der Waals surface area contributed by atoms with Crippen molar-refractivity contribution in [1.82, 2.24) is 10.3 Å². The Hall–Kier alpha value is -2.40. The highest BCUT2D eigenvalue weighted by atomic mass is 16.2. The highest BCUT2D eigenvalue weighted by molar-refractivity contribution is 5.93. The predicted octanol–water partition coefficient (Wildman–Crippen LogP) is 0.764. The molecule has 0 aliphatic rings. The van der Waals surface area contributed by atoms with Crippen molar-refractivity contribution in [2.75, 3.05) is 0 Å². The number of H-pyrrole nitrogens is 1. The van der Waals surface area contributed by atoms with Crippen LogP contribution in [0, 0.1) is 0 Å². The van der Waals surface area contributed by atoms with Gasteiger partial charge < -0.3 is 16.0 Å². The minimum Gasteiger partial charge on any atom is -0.348 e. The average molecular weight is 257 g/mol. The first-order valence-corrected chi connectivity index (χ1v) is 5.95. The lowest BCUT2D eigenvalue weighted by Gasteiger charge is -2.08. The minimum absolute atomic E-state index is 0.104. The molecule has 4 N–H and O–H groups in total. The van der Waals surface area contributed by atoms with E-state index in [4.69, 9.17) is 5.73 Å². The third-order valence-corrected chi connectivity index (χ3v) is 2.84. The van der Waals surface area contributed by atoms with Gasteiger partial charge in [0.25, 0.3) is 11.5 Å². The standard InChI is InChI=1S/C14H15N3O2/c15-8-10-4-1-2-5-11(10)9-17-14(19)12-6-3-7-16-13(12)18/h1-7H,8-9,15H2,(H,16,18)(H,17,19). The fourth-order valence-corrected chi connectivity index (χ4v) is 1.80. The van der Waals surface area contributed by atoms with Crippen molar-refractivity contribution in [3.05, 3.63) is 69.6 Å². The number of carbonyl (C=O) groups is 1. The maximum Gasteiger partial charge on any atom is 0.260 e. The zero-order valence-electron chi connectivity index (χ0n) is 10.3. The lowest BCUT2D eigenvalue weighted by atomic mass is 10.1. The molecular formula is C14H15N3O2. The molecule has 5 heteroatoms. The van der Waals surface area contributed by atoms with Crippen LogP contribution < -0.4 is 16.6 Å². The lowest BCUT2D eigenvalue weighted by molar-refractivity contribution is 0.0949. The topological polar surface area (TPSA) is 88.0 Å². The van der Waals surface area contributed by atoms with Crippen molar-refractivity contribution >= 4 is 5.91 Å². The van der Waals surface area contributed by atoms with Gasteiger partial charge in [-0.1, -0.05) is 24.3 Å². The summed E-state index contributed by atoms with van der Waals surface area (Å²) >= 11 is 0. The van der Waals surface area contributed by atoms with Crippen LogP contribution in [-0.4, -0.2) is 10.9 Å². The number of pyridine rings is 1. The van der Waals surface area contributed by atoms with Crippen LogP contribution in [0.3, 0.4) is 0 Å². The van der Waals surface area contributed by atoms with Crippen LogP contribution in [0.15, 0.2) is 47.4 Å². The van der Waals surface area contributed by atoms with Gasteiger partial charge in [-0.05, 0) is 23.3 Å². The molecule has 0 fully saturated rings. The van der Waals surface area contributed by atoms with Crippen LogP contribution in [0.1, 0.15) is 21.5 Å². The van der Waals surface area contributed by atoms with Crippen molar-refractivity contribution < 1.29 is 4.79 Å². The fraction of sp³-hybridized carbons (Fsp3) is 0.143. The number of benzene rings is 1. The van der Waals surface area contributed by atoms with Gasteiger partial charge in [-0.25, -0.2) is 0 Å². The Balaban J connectivity index is 2.09. The van der Waals surface area contributed by atoms with Crippen molar-refractivity contribution in [2.45, 2.75) is 13.1 Å². The molecule has 1 aromatic heterocycles. The first kappa shape index (κ1) is 13.0. The molecule has 0 unspecified atom stereocenters. The van der Waals surface area contributed by atoms with Gasteiger partial charge in [0.05, 0.1) is 0 Å². The number of amides is 1. The van der Waals surface area contributed by atoms with Crippen LogP contribution in [0.4, 0.5) is 0 Å². The third kappa shape index (κ3) is 3.08. The molecule has 0 atom stereocenters. The molecule has 0 saturated carbocycles. The van der Waals surface area contributed by atoms with Gasteiger partial charge in [-0.3, -0.25) is 9.59 Å². The Morgan fingerprint density at radius 1 is 1.16 bits per heavy atom. The molecule has 0 bridgehead atoms. The monoisotopic (exact) mass is 257 g/mol. The van der Waals surface area contributed by atoms with Gasteiger partial charge in [-0.2, -0.15) is 0 Å². The maximum absolute atomic E-state index is 11.9. The second-order valence-electron chi connectivity index (χ2n) is 4.07. The Bertz CT molecular complexity index is 634. The Kier molecular flexibility index (Phi) is 4.10. The van der Waals surface area contributed by atoms with E-state index >= 15 is 0 Å². The number of rotatable bonds is 4. The molecule has 98 valence electrons. The summed E-state index contributed by atoms with van der Waals surface area (Å²) in [6.07, 6.45) is 1.49. The van der Waals surface area contributed by atoms with E-state index in [1.54, 1.807) is 6.07 Å². The van der Waals surface area contributed by atoms with Gasteiger partial charge in [0.2, 0.25) is 0 Å². The zero-order chi connectivity index (χ0) is 13.7. The zero-order valence-corrected chi connectivity index (χ0v) is 10.3. The van der Waals surface area contributed by atoms with Crippen LogP contribution in [0.5, 0.6) is 0 Å². The Labute approximate surface area is 110 Å². The summed E-state index contributed by atoms with van der Waals surface area (Å²) < 4.78 is 0. The second-order valence-corrected chi connectivity index (χ2v) is 4.07. The number of carbonyl (C=O) groups excluding carboxylic acids is 1. The van der Waals surface area contributed by atoms with E-state index in [1.165, 1.54) is 12.3 Å². The molecule has 0 aliphatic carbocycles. The smallest absolute Gasteiger partial charge is 0.260 e. The Morgan fingerprint density at radius 3 is 2.58 bits per heavy atom. The summed E-state index contributed by atoms with van der Waals surface area (Å²) in [6.45, 7) is 0.762. The molecular weight excluding hydrogens is 242 g/mol. The van der Waals surface area contributed by atoms with Crippen LogP contribution in [0.25, 0.3) is 0 Å². The van der Waals surface area contributed by atoms with Crippen molar-refractivity contribution in [1.29, 1.82) is 0 Å². The highest BCUT2D eigenvalue weighted by Gasteiger charge is 2.09. The molecule has 2 rings (SSSR count). The first-order chi connectivity index (χ1) is 9.22. The summed E-state index contributed by atoms with van der Waals surface area (Å²) in [4.78, 5) is 25.8. The number of nitrogens with two attached hydrogens (primary N) is 1. The van der Waals surface area contributed by atoms with Crippen molar-refractivity contribution in [3.8, 4) is 0 Å². The van der Waals surface area contributed by atoms with Gasteiger partial charge in [0, 0.05) is 19.3 Å². The van der Waals surface area contributed by atoms with E-state index in [0.29, 0.717) is 13.1 Å². The molecule has 1 heterocycles. The summed E-state index contributed by atoms with van der Waals surface area (Å²) in [5.74, 6) is -0.395. The van der Waals surface area contributed by atoms with Crippen molar-refractivity contribution in [2.24, 2.45) is 5.73 Å². The van der Waals surface area contributed by atoms with Crippen LogP contribution >= 0.6 is 0 Å². The molecule has 2 aromatic rings. The molecule has 0 saturated heterocycles. The number of aromatic amines is 1. The Morgan fingerprint density at radius 2 is 1.89 bits per heavy atom. The van der Waals surface area contributed by atoms with E-state index in [9.17, 15) is 9.59 Å². The van der Waals surface area contributed by atoms with Crippen molar-refractivity contribution in [3.63, 3.8) is 0 Å². The number of hydrogen-bond donors (Lipinski definition) is 3. The van der Waals surface area contributed by atoms with Crippen LogP contribution in [-0.2, 0) is 13.1 Å². The summed E-state index contributed by atoms with van der Waals surface area (Å²) in [5, 5.41) is 2.72. The fourth-order valence-electron chi connectivity index (χ4n) is 1.80. The van der Waals surface area contributed by atoms with Gasteiger partial charge in [0.1, 0.15) is 5.56 Å². The number of nitrogens with one attached hydrogen (secondary N) is 2. The largest absolute Gasteiger partial charge is 0.348 e. The van der Waals surface area contributed by atoms with E-state index in [1.807, 2.05) is 24.3 Å². The molecule has 0 aliphatic heterocycles. The molecule has 5 nitrogen and oxygen atoms in total. The molecule has 1 aromatic carbocycles. The molecule has 0 radical (unpaired) electrons. The number of aromatic nitrogens is 1. The summed E-state index contributed by atoms with van der Waals surface area (Å²) in [6, 6.07) is 10.7.